The molecular formula is C16H14F4N2O2. The van der Waals surface area contributed by atoms with Gasteiger partial charge in [0.2, 0.25) is 5.95 Å². The number of halogens is 4. The molecule has 1 amide bonds. The number of carbonyl (C=O) groups is 1. The zero-order valence-electron chi connectivity index (χ0n) is 12.6. The maximum atomic E-state index is 13.5. The molecule has 0 aliphatic rings. The standard InChI is InChI=1S/C16H14F4N2O2/c1-10-7-11(13(17)21-8-10)9-22-14(23)15(24,16(18,19)20)12-5-3-2-4-6-12/h2-8,24H,9H2,1H3,(H,22,23)/t15-/m0/s1. The Morgan fingerprint density at radius 3 is 2.46 bits per heavy atom. The van der Waals surface area contributed by atoms with Crippen molar-refractivity contribution in [2.45, 2.75) is 25.2 Å². The lowest BCUT2D eigenvalue weighted by Crippen LogP contribution is -2.54. The van der Waals surface area contributed by atoms with Crippen molar-refractivity contribution >= 4 is 5.91 Å². The highest BCUT2D eigenvalue weighted by Crippen LogP contribution is 2.39. The van der Waals surface area contributed by atoms with Crippen LogP contribution in [-0.4, -0.2) is 22.2 Å². The summed E-state index contributed by atoms with van der Waals surface area (Å²) in [5, 5.41) is 12.0. The summed E-state index contributed by atoms with van der Waals surface area (Å²) in [5.74, 6) is -2.60. The van der Waals surface area contributed by atoms with Crippen molar-refractivity contribution < 1.29 is 27.5 Å². The maximum absolute atomic E-state index is 13.5. The number of aliphatic hydroxyl groups is 1. The van der Waals surface area contributed by atoms with Gasteiger partial charge in [-0.05, 0) is 18.6 Å². The summed E-state index contributed by atoms with van der Waals surface area (Å²) < 4.78 is 53.5. The van der Waals surface area contributed by atoms with Gasteiger partial charge < -0.3 is 10.4 Å². The second-order valence-electron chi connectivity index (χ2n) is 5.22. The molecule has 1 heterocycles. The minimum Gasteiger partial charge on any atom is -0.369 e. The van der Waals surface area contributed by atoms with Gasteiger partial charge in [0, 0.05) is 23.9 Å². The molecule has 2 aromatic rings. The molecular weight excluding hydrogens is 328 g/mol. The van der Waals surface area contributed by atoms with Crippen LogP contribution in [0.4, 0.5) is 17.6 Å². The van der Waals surface area contributed by atoms with Crippen LogP contribution in [0.3, 0.4) is 0 Å². The third-order valence-electron chi connectivity index (χ3n) is 3.42. The van der Waals surface area contributed by atoms with E-state index in [0.717, 1.165) is 12.1 Å². The predicted octanol–water partition coefficient (Wildman–Crippen LogP) is 2.60. The number of hydrogen-bond donors (Lipinski definition) is 2. The molecule has 24 heavy (non-hydrogen) atoms. The van der Waals surface area contributed by atoms with E-state index < -0.39 is 35.7 Å². The third kappa shape index (κ3) is 3.38. The molecule has 0 saturated heterocycles. The van der Waals surface area contributed by atoms with E-state index in [-0.39, 0.29) is 5.56 Å². The molecule has 1 aromatic heterocycles. The number of benzene rings is 1. The first-order valence-electron chi connectivity index (χ1n) is 6.90. The summed E-state index contributed by atoms with van der Waals surface area (Å²) >= 11 is 0. The molecule has 0 radical (unpaired) electrons. The molecule has 2 N–H and O–H groups in total. The Kier molecular flexibility index (Phi) is 4.88. The van der Waals surface area contributed by atoms with E-state index in [1.807, 2.05) is 5.32 Å². The molecule has 128 valence electrons. The first-order valence-corrected chi connectivity index (χ1v) is 6.90. The Balaban J connectivity index is 2.28. The number of amides is 1. The minimum atomic E-state index is -5.25. The molecule has 2 rings (SSSR count). The second kappa shape index (κ2) is 6.56. The van der Waals surface area contributed by atoms with E-state index in [0.29, 0.717) is 5.56 Å². The van der Waals surface area contributed by atoms with E-state index in [2.05, 4.69) is 4.98 Å². The summed E-state index contributed by atoms with van der Waals surface area (Å²) in [6.45, 7) is 1.08. The Labute approximate surface area is 135 Å². The highest BCUT2D eigenvalue weighted by Gasteiger charge is 2.60. The SMILES string of the molecule is Cc1cnc(F)c(CNC(=O)[C@@](O)(c2ccccc2)C(F)(F)F)c1. The monoisotopic (exact) mass is 342 g/mol. The van der Waals surface area contributed by atoms with E-state index in [9.17, 15) is 27.5 Å². The average Bonchev–Trinajstić information content (AvgIpc) is 2.54. The van der Waals surface area contributed by atoms with Gasteiger partial charge in [0.15, 0.2) is 0 Å². The van der Waals surface area contributed by atoms with E-state index in [1.165, 1.54) is 30.5 Å². The van der Waals surface area contributed by atoms with E-state index in [1.54, 1.807) is 6.92 Å². The molecule has 0 spiro atoms. The number of nitrogens with one attached hydrogen (secondary N) is 1. The van der Waals surface area contributed by atoms with Gasteiger partial charge in [0.05, 0.1) is 0 Å². The number of aromatic nitrogens is 1. The van der Waals surface area contributed by atoms with Crippen LogP contribution in [-0.2, 0) is 16.9 Å². The van der Waals surface area contributed by atoms with Crippen molar-refractivity contribution in [2.24, 2.45) is 0 Å². The van der Waals surface area contributed by atoms with Crippen LogP contribution in [0.15, 0.2) is 42.6 Å². The lowest BCUT2D eigenvalue weighted by atomic mass is 9.92. The van der Waals surface area contributed by atoms with Gasteiger partial charge in [-0.1, -0.05) is 30.3 Å². The van der Waals surface area contributed by atoms with Gasteiger partial charge in [0.25, 0.3) is 11.5 Å². The van der Waals surface area contributed by atoms with Gasteiger partial charge in [-0.15, -0.1) is 0 Å². The normalized spacial score (nSPS) is 14.1. The van der Waals surface area contributed by atoms with Crippen molar-refractivity contribution in [1.29, 1.82) is 0 Å². The van der Waals surface area contributed by atoms with Crippen molar-refractivity contribution in [3.8, 4) is 0 Å². The van der Waals surface area contributed by atoms with Gasteiger partial charge in [-0.25, -0.2) is 4.98 Å². The number of nitrogens with zero attached hydrogens (tertiary/aromatic N) is 1. The zero-order chi connectivity index (χ0) is 18.0. The Morgan fingerprint density at radius 2 is 1.88 bits per heavy atom. The Bertz CT molecular complexity index is 735. The van der Waals surface area contributed by atoms with Gasteiger partial charge in [0.1, 0.15) is 0 Å². The molecule has 0 unspecified atom stereocenters. The van der Waals surface area contributed by atoms with Gasteiger partial charge >= 0.3 is 6.18 Å². The average molecular weight is 342 g/mol. The quantitative estimate of drug-likeness (QED) is 0.663. The largest absolute Gasteiger partial charge is 0.430 e. The lowest BCUT2D eigenvalue weighted by molar-refractivity contribution is -0.257. The highest BCUT2D eigenvalue weighted by atomic mass is 19.4. The molecule has 0 aliphatic heterocycles. The predicted molar refractivity (Wildman–Crippen MR) is 77.2 cm³/mol. The van der Waals surface area contributed by atoms with E-state index in [4.69, 9.17) is 0 Å². The van der Waals surface area contributed by atoms with Crippen molar-refractivity contribution in [2.75, 3.05) is 0 Å². The fourth-order valence-corrected chi connectivity index (χ4v) is 2.14. The van der Waals surface area contributed by atoms with Crippen LogP contribution in [0.2, 0.25) is 0 Å². The molecule has 1 atom stereocenters. The number of rotatable bonds is 4. The second-order valence-corrected chi connectivity index (χ2v) is 5.22. The van der Waals surface area contributed by atoms with Crippen molar-refractivity contribution in [3.63, 3.8) is 0 Å². The molecule has 0 saturated carbocycles. The Hall–Kier alpha value is -2.48. The van der Waals surface area contributed by atoms with Crippen LogP contribution in [0, 0.1) is 12.9 Å². The maximum Gasteiger partial charge on any atom is 0.430 e. The summed E-state index contributed by atoms with van der Waals surface area (Å²) in [5.41, 5.74) is -3.87. The summed E-state index contributed by atoms with van der Waals surface area (Å²) in [6.07, 6.45) is -4.00. The summed E-state index contributed by atoms with van der Waals surface area (Å²) in [4.78, 5) is 15.5. The molecule has 0 aliphatic carbocycles. The van der Waals surface area contributed by atoms with Crippen LogP contribution >= 0.6 is 0 Å². The van der Waals surface area contributed by atoms with Gasteiger partial charge in [-0.3, -0.25) is 4.79 Å². The topological polar surface area (TPSA) is 62.2 Å². The van der Waals surface area contributed by atoms with Gasteiger partial charge in [-0.2, -0.15) is 17.6 Å². The minimum absolute atomic E-state index is 0.0825. The van der Waals surface area contributed by atoms with Crippen LogP contribution in [0.1, 0.15) is 16.7 Å². The lowest BCUT2D eigenvalue weighted by Gasteiger charge is -2.29. The number of hydrogen-bond acceptors (Lipinski definition) is 3. The van der Waals surface area contributed by atoms with E-state index >= 15 is 0 Å². The molecule has 8 heteroatoms. The Morgan fingerprint density at radius 1 is 1.25 bits per heavy atom. The number of carbonyl (C=O) groups excluding carboxylic acids is 1. The first kappa shape index (κ1) is 17.9. The highest BCUT2D eigenvalue weighted by molar-refractivity contribution is 5.87. The summed E-state index contributed by atoms with van der Waals surface area (Å²) in [6, 6.07) is 7.31. The molecule has 4 nitrogen and oxygen atoms in total. The summed E-state index contributed by atoms with van der Waals surface area (Å²) in [7, 11) is 0. The fraction of sp³-hybridized carbons (Fsp3) is 0.250. The first-order chi connectivity index (χ1) is 11.2. The number of alkyl halides is 3. The molecule has 1 aromatic carbocycles. The van der Waals surface area contributed by atoms with Crippen LogP contribution in [0.25, 0.3) is 0 Å². The molecule has 0 bridgehead atoms. The van der Waals surface area contributed by atoms with Crippen molar-refractivity contribution in [3.05, 3.63) is 65.2 Å². The number of pyridine rings is 1. The number of aryl methyl sites for hydroxylation is 1. The third-order valence-corrected chi connectivity index (χ3v) is 3.42. The smallest absolute Gasteiger partial charge is 0.369 e. The zero-order valence-corrected chi connectivity index (χ0v) is 12.6. The van der Waals surface area contributed by atoms with Crippen LogP contribution < -0.4 is 5.32 Å². The van der Waals surface area contributed by atoms with Crippen LogP contribution in [0.5, 0.6) is 0 Å². The van der Waals surface area contributed by atoms with Crippen molar-refractivity contribution in [1.82, 2.24) is 10.3 Å². The fourth-order valence-electron chi connectivity index (χ4n) is 2.14. The molecule has 0 fully saturated rings.